The fraction of sp³-hybridized carbons (Fsp3) is 1.00. The van der Waals surface area contributed by atoms with Gasteiger partial charge in [0.15, 0.2) is 0 Å². The van der Waals surface area contributed by atoms with Gasteiger partial charge in [-0.3, -0.25) is 0 Å². The predicted octanol–water partition coefficient (Wildman–Crippen LogP) is 1.27. The highest BCUT2D eigenvalue weighted by Gasteiger charge is 2.25. The lowest BCUT2D eigenvalue weighted by atomic mass is 10.2. The van der Waals surface area contributed by atoms with Gasteiger partial charge in [0.25, 0.3) is 0 Å². The molecule has 1 fully saturated rings. The second-order valence-corrected chi connectivity index (χ2v) is 3.66. The summed E-state index contributed by atoms with van der Waals surface area (Å²) in [4.78, 5) is 9.77. The lowest BCUT2D eigenvalue weighted by molar-refractivity contribution is -0.305. The number of rotatable bonds is 9. The first-order chi connectivity index (χ1) is 6.83. The second kappa shape index (κ2) is 7.17. The van der Waals surface area contributed by atoms with Crippen molar-refractivity contribution in [2.24, 2.45) is 0 Å². The molecule has 0 aliphatic carbocycles. The first-order valence-corrected chi connectivity index (χ1v) is 5.37. The van der Waals surface area contributed by atoms with Crippen LogP contribution in [-0.4, -0.2) is 37.1 Å². The summed E-state index contributed by atoms with van der Waals surface area (Å²) in [6.45, 7) is 3.77. The van der Waals surface area contributed by atoms with E-state index in [4.69, 9.17) is 14.5 Å². The van der Waals surface area contributed by atoms with Crippen molar-refractivity contribution in [3.63, 3.8) is 0 Å². The van der Waals surface area contributed by atoms with Crippen LogP contribution >= 0.6 is 0 Å². The fourth-order valence-electron chi connectivity index (χ4n) is 1.17. The van der Waals surface area contributed by atoms with Gasteiger partial charge in [-0.05, 0) is 6.42 Å². The quantitative estimate of drug-likeness (QED) is 0.266. The average Bonchev–Trinajstić information content (AvgIpc) is 2.95. The molecule has 1 aliphatic rings. The highest BCUT2D eigenvalue weighted by molar-refractivity contribution is 4.72. The van der Waals surface area contributed by atoms with Gasteiger partial charge in [-0.15, -0.1) is 0 Å². The topological polar surface area (TPSA) is 51.2 Å². The molecule has 1 N–H and O–H groups in total. The molecule has 4 nitrogen and oxygen atoms in total. The van der Waals surface area contributed by atoms with Crippen molar-refractivity contribution in [2.75, 3.05) is 19.8 Å². The summed E-state index contributed by atoms with van der Waals surface area (Å²) in [6, 6.07) is 0. The maximum Gasteiger partial charge on any atom is 0.108 e. The molecule has 1 saturated heterocycles. The summed E-state index contributed by atoms with van der Waals surface area (Å²) < 4.78 is 4.98. The Balaban J connectivity index is 1.77. The van der Waals surface area contributed by atoms with Crippen LogP contribution in [0.3, 0.4) is 0 Å². The van der Waals surface area contributed by atoms with Gasteiger partial charge in [0.05, 0.1) is 25.4 Å². The number of epoxide rings is 1. The third-order valence-corrected chi connectivity index (χ3v) is 2.11. The first kappa shape index (κ1) is 11.9. The van der Waals surface area contributed by atoms with E-state index >= 15 is 0 Å². The molecule has 0 bridgehead atoms. The molecule has 2 unspecified atom stereocenters. The molecule has 1 rings (SSSR count). The molecule has 0 aromatic heterocycles. The molecule has 0 saturated carbocycles. The monoisotopic (exact) mass is 204 g/mol. The SMILES string of the molecule is CCCCCOOCC(O)CC1CO1. The summed E-state index contributed by atoms with van der Waals surface area (Å²) in [7, 11) is 0. The van der Waals surface area contributed by atoms with Gasteiger partial charge in [-0.2, -0.15) is 0 Å². The van der Waals surface area contributed by atoms with Gasteiger partial charge in [-0.1, -0.05) is 19.8 Å². The standard InChI is InChI=1S/C10H20O4/c1-2-3-4-5-13-14-7-9(11)6-10-8-12-10/h9-11H,2-8H2,1H3. The molecule has 84 valence electrons. The van der Waals surface area contributed by atoms with Gasteiger partial charge in [0.2, 0.25) is 0 Å². The lowest BCUT2D eigenvalue weighted by Gasteiger charge is -2.08. The lowest BCUT2D eigenvalue weighted by Crippen LogP contribution is -2.17. The smallest absolute Gasteiger partial charge is 0.108 e. The van der Waals surface area contributed by atoms with Crippen molar-refractivity contribution < 1.29 is 19.6 Å². The van der Waals surface area contributed by atoms with Gasteiger partial charge in [0.1, 0.15) is 6.61 Å². The Bertz CT molecular complexity index is 136. The first-order valence-electron chi connectivity index (χ1n) is 5.37. The fourth-order valence-corrected chi connectivity index (χ4v) is 1.17. The summed E-state index contributed by atoms with van der Waals surface area (Å²) in [5, 5.41) is 9.38. The summed E-state index contributed by atoms with van der Waals surface area (Å²) >= 11 is 0. The Morgan fingerprint density at radius 2 is 2.21 bits per heavy atom. The highest BCUT2D eigenvalue weighted by atomic mass is 17.2. The Morgan fingerprint density at radius 1 is 1.43 bits per heavy atom. The van der Waals surface area contributed by atoms with Crippen molar-refractivity contribution in [3.05, 3.63) is 0 Å². The number of hydrogen-bond donors (Lipinski definition) is 1. The second-order valence-electron chi connectivity index (χ2n) is 3.66. The van der Waals surface area contributed by atoms with Crippen LogP contribution in [0.1, 0.15) is 32.6 Å². The van der Waals surface area contributed by atoms with Gasteiger partial charge in [-0.25, -0.2) is 9.78 Å². The molecular formula is C10H20O4. The van der Waals surface area contributed by atoms with E-state index in [1.807, 2.05) is 0 Å². The van der Waals surface area contributed by atoms with E-state index < -0.39 is 6.10 Å². The van der Waals surface area contributed by atoms with Crippen LogP contribution < -0.4 is 0 Å². The molecule has 2 atom stereocenters. The van der Waals surface area contributed by atoms with Crippen LogP contribution in [0.25, 0.3) is 0 Å². The van der Waals surface area contributed by atoms with Gasteiger partial charge < -0.3 is 9.84 Å². The molecule has 0 radical (unpaired) electrons. The van der Waals surface area contributed by atoms with Crippen molar-refractivity contribution in [3.8, 4) is 0 Å². The minimum atomic E-state index is -0.464. The van der Waals surface area contributed by atoms with Crippen molar-refractivity contribution >= 4 is 0 Å². The molecule has 4 heteroatoms. The van der Waals surface area contributed by atoms with E-state index in [1.54, 1.807) is 0 Å². The maximum absolute atomic E-state index is 9.38. The third-order valence-electron chi connectivity index (χ3n) is 2.11. The summed E-state index contributed by atoms with van der Waals surface area (Å²) in [5.74, 6) is 0. The van der Waals surface area contributed by atoms with Crippen LogP contribution in [-0.2, 0) is 14.5 Å². The van der Waals surface area contributed by atoms with Crippen LogP contribution in [0.2, 0.25) is 0 Å². The third kappa shape index (κ3) is 6.32. The number of aliphatic hydroxyl groups excluding tert-OH is 1. The van der Waals surface area contributed by atoms with Crippen LogP contribution in [0.4, 0.5) is 0 Å². The van der Waals surface area contributed by atoms with Gasteiger partial charge in [0, 0.05) is 6.42 Å². The van der Waals surface area contributed by atoms with Crippen molar-refractivity contribution in [2.45, 2.75) is 44.8 Å². The van der Waals surface area contributed by atoms with E-state index in [-0.39, 0.29) is 12.7 Å². The van der Waals surface area contributed by atoms with E-state index in [0.29, 0.717) is 13.0 Å². The number of unbranched alkanes of at least 4 members (excludes halogenated alkanes) is 2. The van der Waals surface area contributed by atoms with E-state index in [9.17, 15) is 5.11 Å². The maximum atomic E-state index is 9.38. The molecule has 1 heterocycles. The van der Waals surface area contributed by atoms with E-state index in [0.717, 1.165) is 19.4 Å². The Hall–Kier alpha value is -0.160. The molecule has 0 spiro atoms. The molecular weight excluding hydrogens is 184 g/mol. The van der Waals surface area contributed by atoms with Crippen LogP contribution in [0, 0.1) is 0 Å². The minimum Gasteiger partial charge on any atom is -0.390 e. The Labute approximate surface area is 85.1 Å². The zero-order valence-electron chi connectivity index (χ0n) is 8.78. The van der Waals surface area contributed by atoms with E-state index in [2.05, 4.69) is 6.92 Å². The zero-order chi connectivity index (χ0) is 10.2. The van der Waals surface area contributed by atoms with Crippen LogP contribution in [0.15, 0.2) is 0 Å². The molecule has 14 heavy (non-hydrogen) atoms. The number of hydrogen-bond acceptors (Lipinski definition) is 4. The minimum absolute atomic E-state index is 0.242. The van der Waals surface area contributed by atoms with Crippen molar-refractivity contribution in [1.82, 2.24) is 0 Å². The Morgan fingerprint density at radius 3 is 2.86 bits per heavy atom. The number of aliphatic hydroxyl groups is 1. The highest BCUT2D eigenvalue weighted by Crippen LogP contribution is 2.15. The summed E-state index contributed by atoms with van der Waals surface area (Å²) in [5.41, 5.74) is 0. The van der Waals surface area contributed by atoms with Crippen LogP contribution in [0.5, 0.6) is 0 Å². The zero-order valence-corrected chi connectivity index (χ0v) is 8.78. The predicted molar refractivity (Wildman–Crippen MR) is 51.8 cm³/mol. The van der Waals surface area contributed by atoms with Crippen molar-refractivity contribution in [1.29, 1.82) is 0 Å². The molecule has 0 aromatic rings. The van der Waals surface area contributed by atoms with Gasteiger partial charge >= 0.3 is 0 Å². The summed E-state index contributed by atoms with van der Waals surface area (Å²) in [6.07, 6.45) is 3.77. The van der Waals surface area contributed by atoms with E-state index in [1.165, 1.54) is 6.42 Å². The normalized spacial score (nSPS) is 22.3. The molecule has 1 aliphatic heterocycles. The number of ether oxygens (including phenoxy) is 1. The average molecular weight is 204 g/mol. The molecule has 0 amide bonds. The Kier molecular flexibility index (Phi) is 6.10. The molecule has 0 aromatic carbocycles. The largest absolute Gasteiger partial charge is 0.390 e.